The van der Waals surface area contributed by atoms with Crippen LogP contribution in [0.3, 0.4) is 0 Å². The maximum Gasteiger partial charge on any atom is 0.238 e. The van der Waals surface area contributed by atoms with E-state index in [0.29, 0.717) is 12.4 Å². The lowest BCUT2D eigenvalue weighted by molar-refractivity contribution is -0.122. The minimum absolute atomic E-state index is 0.0100. The molecule has 1 aliphatic heterocycles. The van der Waals surface area contributed by atoms with Crippen molar-refractivity contribution >= 4 is 17.7 Å². The molecule has 5 nitrogen and oxygen atoms in total. The van der Waals surface area contributed by atoms with Gasteiger partial charge in [-0.05, 0) is 6.92 Å². The Morgan fingerprint density at radius 2 is 2.73 bits per heavy atom. The van der Waals surface area contributed by atoms with E-state index < -0.39 is 0 Å². The molecule has 2 N–H and O–H groups in total. The molecule has 0 spiro atoms. The lowest BCUT2D eigenvalue weighted by atomic mass is 10.3. The zero-order valence-electron chi connectivity index (χ0n) is 8.45. The number of hydrogen-bond acceptors (Lipinski definition) is 5. The van der Waals surface area contributed by atoms with Crippen LogP contribution in [0, 0.1) is 6.92 Å². The Morgan fingerprint density at radius 3 is 3.33 bits per heavy atom. The van der Waals surface area contributed by atoms with Gasteiger partial charge in [-0.15, -0.1) is 11.8 Å². The van der Waals surface area contributed by atoms with Crippen LogP contribution in [0.25, 0.3) is 0 Å². The molecule has 0 saturated carbocycles. The van der Waals surface area contributed by atoms with Gasteiger partial charge in [0.1, 0.15) is 5.76 Å². The molecule has 1 amide bonds. The van der Waals surface area contributed by atoms with Gasteiger partial charge in [0.2, 0.25) is 11.8 Å². The lowest BCUT2D eigenvalue weighted by Gasteiger charge is -2.08. The SMILES string of the molecule is Cc1cnc(CNC(=O)C2CSCN2)o1. The molecule has 82 valence electrons. The Kier molecular flexibility index (Phi) is 3.27. The largest absolute Gasteiger partial charge is 0.444 e. The molecule has 1 aromatic heterocycles. The average molecular weight is 227 g/mol. The van der Waals surface area contributed by atoms with Crippen molar-refractivity contribution in [3.63, 3.8) is 0 Å². The number of nitrogens with zero attached hydrogens (tertiary/aromatic N) is 1. The summed E-state index contributed by atoms with van der Waals surface area (Å²) in [6.07, 6.45) is 1.64. The normalized spacial score (nSPS) is 20.5. The molecule has 1 aromatic rings. The predicted molar refractivity (Wildman–Crippen MR) is 57.3 cm³/mol. The number of nitrogens with one attached hydrogen (secondary N) is 2. The van der Waals surface area contributed by atoms with E-state index in [0.717, 1.165) is 17.4 Å². The van der Waals surface area contributed by atoms with E-state index in [1.807, 2.05) is 6.92 Å². The first kappa shape index (κ1) is 10.5. The molecule has 15 heavy (non-hydrogen) atoms. The van der Waals surface area contributed by atoms with Gasteiger partial charge in [-0.25, -0.2) is 4.98 Å². The molecule has 2 heterocycles. The molecule has 0 bridgehead atoms. The zero-order chi connectivity index (χ0) is 10.7. The van der Waals surface area contributed by atoms with E-state index in [9.17, 15) is 4.79 Å². The molecule has 6 heteroatoms. The number of hydrogen-bond donors (Lipinski definition) is 2. The minimum atomic E-state index is -0.0777. The smallest absolute Gasteiger partial charge is 0.238 e. The standard InChI is InChI=1S/C9H13N3O2S/c1-6-2-10-8(14-6)3-11-9(13)7-4-15-5-12-7/h2,7,12H,3-5H2,1H3,(H,11,13). The second-order valence-electron chi connectivity index (χ2n) is 3.35. The number of thioether (sulfide) groups is 1. The Hall–Kier alpha value is -1.01. The second-order valence-corrected chi connectivity index (χ2v) is 4.38. The molecule has 1 saturated heterocycles. The first-order chi connectivity index (χ1) is 7.25. The summed E-state index contributed by atoms with van der Waals surface area (Å²) in [6, 6.07) is -0.0777. The molecule has 1 atom stereocenters. The van der Waals surface area contributed by atoms with Crippen LogP contribution in [0.1, 0.15) is 11.7 Å². The van der Waals surface area contributed by atoms with Crippen LogP contribution in [0.5, 0.6) is 0 Å². The maximum atomic E-state index is 11.6. The van der Waals surface area contributed by atoms with Gasteiger partial charge in [0, 0.05) is 11.6 Å². The van der Waals surface area contributed by atoms with E-state index >= 15 is 0 Å². The maximum absolute atomic E-state index is 11.6. The van der Waals surface area contributed by atoms with Crippen LogP contribution in [0.4, 0.5) is 0 Å². The first-order valence-electron chi connectivity index (χ1n) is 4.76. The van der Waals surface area contributed by atoms with Crippen LogP contribution in [0.15, 0.2) is 10.6 Å². The second kappa shape index (κ2) is 4.67. The fraction of sp³-hybridized carbons (Fsp3) is 0.556. The molecule has 1 aliphatic rings. The molecule has 1 fully saturated rings. The summed E-state index contributed by atoms with van der Waals surface area (Å²) in [6.45, 7) is 2.18. The Morgan fingerprint density at radius 1 is 1.87 bits per heavy atom. The fourth-order valence-electron chi connectivity index (χ4n) is 1.33. The van der Waals surface area contributed by atoms with Gasteiger partial charge in [-0.2, -0.15) is 0 Å². The van der Waals surface area contributed by atoms with Crippen molar-refractivity contribution in [2.45, 2.75) is 19.5 Å². The van der Waals surface area contributed by atoms with Crippen molar-refractivity contribution in [3.05, 3.63) is 17.8 Å². The monoisotopic (exact) mass is 227 g/mol. The molecule has 0 aromatic carbocycles. The highest BCUT2D eigenvalue weighted by atomic mass is 32.2. The number of aryl methyl sites for hydroxylation is 1. The third kappa shape index (κ3) is 2.73. The van der Waals surface area contributed by atoms with Crippen LogP contribution in [0.2, 0.25) is 0 Å². The minimum Gasteiger partial charge on any atom is -0.444 e. The number of rotatable bonds is 3. The summed E-state index contributed by atoms with van der Waals surface area (Å²) < 4.78 is 5.25. The van der Waals surface area contributed by atoms with E-state index in [1.54, 1.807) is 18.0 Å². The van der Waals surface area contributed by atoms with Crippen molar-refractivity contribution in [1.82, 2.24) is 15.6 Å². The van der Waals surface area contributed by atoms with Crippen molar-refractivity contribution in [2.75, 3.05) is 11.6 Å². The summed E-state index contributed by atoms with van der Waals surface area (Å²) in [5, 5.41) is 5.88. The number of oxazole rings is 1. The van der Waals surface area contributed by atoms with Gasteiger partial charge >= 0.3 is 0 Å². The number of carbonyl (C=O) groups excluding carboxylic acids is 1. The van der Waals surface area contributed by atoms with Gasteiger partial charge in [0.25, 0.3) is 0 Å². The van der Waals surface area contributed by atoms with Gasteiger partial charge in [0.05, 0.1) is 18.8 Å². The van der Waals surface area contributed by atoms with Crippen molar-refractivity contribution < 1.29 is 9.21 Å². The van der Waals surface area contributed by atoms with E-state index in [4.69, 9.17) is 4.42 Å². The van der Waals surface area contributed by atoms with Crippen LogP contribution >= 0.6 is 11.8 Å². The van der Waals surface area contributed by atoms with Crippen molar-refractivity contribution in [3.8, 4) is 0 Å². The number of carbonyl (C=O) groups is 1. The van der Waals surface area contributed by atoms with E-state index in [2.05, 4.69) is 15.6 Å². The quantitative estimate of drug-likeness (QED) is 0.775. The number of aromatic nitrogens is 1. The summed E-state index contributed by atoms with van der Waals surface area (Å²) in [4.78, 5) is 15.6. The molecule has 0 aliphatic carbocycles. The summed E-state index contributed by atoms with van der Waals surface area (Å²) in [5.41, 5.74) is 0. The first-order valence-corrected chi connectivity index (χ1v) is 5.91. The summed E-state index contributed by atoms with van der Waals surface area (Å²) >= 11 is 1.73. The van der Waals surface area contributed by atoms with Crippen LogP contribution in [-0.2, 0) is 11.3 Å². The molecular formula is C9H13N3O2S. The highest BCUT2D eigenvalue weighted by Gasteiger charge is 2.22. The molecule has 0 radical (unpaired) electrons. The van der Waals surface area contributed by atoms with Crippen LogP contribution < -0.4 is 10.6 Å². The Labute approximate surface area is 92.0 Å². The summed E-state index contributed by atoms with van der Waals surface area (Å²) in [7, 11) is 0. The van der Waals surface area contributed by atoms with Gasteiger partial charge in [0.15, 0.2) is 0 Å². The van der Waals surface area contributed by atoms with Gasteiger partial charge in [-0.3, -0.25) is 10.1 Å². The van der Waals surface area contributed by atoms with Crippen molar-refractivity contribution in [2.24, 2.45) is 0 Å². The molecule has 1 unspecified atom stereocenters. The topological polar surface area (TPSA) is 67.2 Å². The lowest BCUT2D eigenvalue weighted by Crippen LogP contribution is -2.41. The highest BCUT2D eigenvalue weighted by molar-refractivity contribution is 7.99. The van der Waals surface area contributed by atoms with Crippen LogP contribution in [-0.4, -0.2) is 28.6 Å². The summed E-state index contributed by atoms with van der Waals surface area (Å²) in [5.74, 6) is 2.99. The van der Waals surface area contributed by atoms with E-state index in [-0.39, 0.29) is 11.9 Å². The zero-order valence-corrected chi connectivity index (χ0v) is 9.26. The Balaban J connectivity index is 1.80. The van der Waals surface area contributed by atoms with Gasteiger partial charge in [-0.1, -0.05) is 0 Å². The third-order valence-electron chi connectivity index (χ3n) is 2.12. The molecule has 2 rings (SSSR count). The fourth-order valence-corrected chi connectivity index (χ4v) is 2.27. The third-order valence-corrected chi connectivity index (χ3v) is 3.06. The highest BCUT2D eigenvalue weighted by Crippen LogP contribution is 2.09. The van der Waals surface area contributed by atoms with Gasteiger partial charge < -0.3 is 9.73 Å². The average Bonchev–Trinajstić information content (AvgIpc) is 2.84. The predicted octanol–water partition coefficient (Wildman–Crippen LogP) is 0.262. The van der Waals surface area contributed by atoms with E-state index in [1.165, 1.54) is 0 Å². The number of amides is 1. The molecular weight excluding hydrogens is 214 g/mol. The van der Waals surface area contributed by atoms with Crippen molar-refractivity contribution in [1.29, 1.82) is 0 Å². The Bertz CT molecular complexity index is 347.